The molecule has 2 aliphatic carbocycles. The summed E-state index contributed by atoms with van der Waals surface area (Å²) in [4.78, 5) is 0. The van der Waals surface area contributed by atoms with Gasteiger partial charge in [0.2, 0.25) is 0 Å². The summed E-state index contributed by atoms with van der Waals surface area (Å²) in [6, 6.07) is 2.32. The van der Waals surface area contributed by atoms with Crippen molar-refractivity contribution in [2.24, 2.45) is 18.4 Å². The Morgan fingerprint density at radius 1 is 1.11 bits per heavy atom. The molecule has 0 spiro atoms. The van der Waals surface area contributed by atoms with Crippen molar-refractivity contribution in [2.75, 3.05) is 0 Å². The van der Waals surface area contributed by atoms with Crippen LogP contribution in [0.15, 0.2) is 6.07 Å². The third kappa shape index (κ3) is 2.57. The van der Waals surface area contributed by atoms with E-state index in [1.54, 1.807) is 0 Å². The molecular formula is C24H36BNO2. The van der Waals surface area contributed by atoms with E-state index in [-0.39, 0.29) is 5.41 Å². The van der Waals surface area contributed by atoms with Crippen LogP contribution in [-0.4, -0.2) is 21.7 Å². The highest BCUT2D eigenvalue weighted by atomic mass is 16.4. The molecule has 1 saturated carbocycles. The Labute approximate surface area is 170 Å². The molecule has 1 fully saturated rings. The zero-order valence-electron chi connectivity index (χ0n) is 18.7. The van der Waals surface area contributed by atoms with E-state index in [0.717, 1.165) is 16.6 Å². The van der Waals surface area contributed by atoms with Crippen LogP contribution in [0.4, 0.5) is 0 Å². The zero-order valence-corrected chi connectivity index (χ0v) is 18.7. The van der Waals surface area contributed by atoms with Crippen LogP contribution in [0, 0.1) is 25.2 Å². The molecule has 152 valence electrons. The Balaban J connectivity index is 2.14. The fraction of sp³-hybridized carbons (Fsp3) is 0.667. The number of hydrogen-bond donors (Lipinski definition) is 2. The van der Waals surface area contributed by atoms with Gasteiger partial charge in [0.25, 0.3) is 0 Å². The number of nitrogens with zero attached hydrogens (tertiary/aromatic N) is 1. The maximum absolute atomic E-state index is 10.3. The summed E-state index contributed by atoms with van der Waals surface area (Å²) in [7, 11) is 0.692. The molecule has 4 heteroatoms. The predicted molar refractivity (Wildman–Crippen MR) is 118 cm³/mol. The lowest BCUT2D eigenvalue weighted by Crippen LogP contribution is -2.44. The van der Waals surface area contributed by atoms with Crippen LogP contribution in [-0.2, 0) is 12.5 Å². The molecule has 2 aliphatic rings. The van der Waals surface area contributed by atoms with Gasteiger partial charge >= 0.3 is 7.12 Å². The first-order valence-corrected chi connectivity index (χ1v) is 11.0. The summed E-state index contributed by atoms with van der Waals surface area (Å²) in [5.41, 5.74) is 7.26. The van der Waals surface area contributed by atoms with Gasteiger partial charge < -0.3 is 14.6 Å². The van der Waals surface area contributed by atoms with Gasteiger partial charge in [-0.15, -0.1) is 0 Å². The third-order valence-electron chi connectivity index (χ3n) is 8.50. The molecule has 2 N–H and O–H groups in total. The predicted octanol–water partition coefficient (Wildman–Crippen LogP) is 4.46. The van der Waals surface area contributed by atoms with Crippen LogP contribution in [0.2, 0.25) is 0 Å². The SMILES string of the molecule is Cc1cc2c3c(n(C)c2c(B(O)O)c1C)C(C)CC[C@@H]1C(C)(C)CCC[C@@]31C. The monoisotopic (exact) mass is 381 g/mol. The van der Waals surface area contributed by atoms with Gasteiger partial charge in [0, 0.05) is 29.1 Å². The van der Waals surface area contributed by atoms with Gasteiger partial charge in [-0.3, -0.25) is 0 Å². The molecule has 0 radical (unpaired) electrons. The molecule has 0 bridgehead atoms. The average molecular weight is 381 g/mol. The van der Waals surface area contributed by atoms with E-state index in [0.29, 0.717) is 22.7 Å². The van der Waals surface area contributed by atoms with Crippen molar-refractivity contribution >= 4 is 23.5 Å². The van der Waals surface area contributed by atoms with E-state index in [2.05, 4.69) is 52.3 Å². The smallest absolute Gasteiger partial charge is 0.423 e. The summed E-state index contributed by atoms with van der Waals surface area (Å²) in [6.07, 6.45) is 6.28. The molecule has 1 unspecified atom stereocenters. The molecule has 0 amide bonds. The Hall–Kier alpha value is -1.26. The fourth-order valence-corrected chi connectivity index (χ4v) is 7.08. The highest BCUT2D eigenvalue weighted by Crippen LogP contribution is 2.59. The normalized spacial score (nSPS) is 29.3. The minimum absolute atomic E-state index is 0.140. The molecular weight excluding hydrogens is 345 g/mol. The molecule has 28 heavy (non-hydrogen) atoms. The Kier molecular flexibility index (Phi) is 4.56. The largest absolute Gasteiger partial charge is 0.490 e. The lowest BCUT2D eigenvalue weighted by molar-refractivity contribution is 0.0505. The van der Waals surface area contributed by atoms with Crippen molar-refractivity contribution in [1.29, 1.82) is 0 Å². The lowest BCUT2D eigenvalue weighted by Gasteiger charge is -2.51. The topological polar surface area (TPSA) is 45.4 Å². The molecule has 0 saturated heterocycles. The maximum atomic E-state index is 10.3. The van der Waals surface area contributed by atoms with Crippen LogP contribution in [0.1, 0.15) is 88.1 Å². The standard InChI is InChI=1S/C24H36BNO2/c1-14-9-10-18-23(4,5)11-8-12-24(18,6)19-17-13-15(2)16(3)20(25(27)28)22(17)26(7)21(14)19/h13-14,18,27-28H,8-12H2,1-7H3/t14?,18-,24-/m1/s1. The zero-order chi connectivity index (χ0) is 20.6. The summed E-state index contributed by atoms with van der Waals surface area (Å²) in [5, 5.41) is 21.8. The van der Waals surface area contributed by atoms with Crippen LogP contribution >= 0.6 is 0 Å². The lowest BCUT2D eigenvalue weighted by atomic mass is 9.53. The molecule has 2 aromatic rings. The van der Waals surface area contributed by atoms with Gasteiger partial charge in [0.15, 0.2) is 0 Å². The van der Waals surface area contributed by atoms with Crippen molar-refractivity contribution in [3.05, 3.63) is 28.5 Å². The van der Waals surface area contributed by atoms with Crippen molar-refractivity contribution in [3.8, 4) is 0 Å². The van der Waals surface area contributed by atoms with E-state index in [9.17, 15) is 10.0 Å². The molecule has 1 aromatic heterocycles. The minimum atomic E-state index is -1.44. The summed E-state index contributed by atoms with van der Waals surface area (Å²) < 4.78 is 2.30. The van der Waals surface area contributed by atoms with Gasteiger partial charge in [-0.25, -0.2) is 0 Å². The van der Waals surface area contributed by atoms with Gasteiger partial charge in [-0.05, 0) is 85.0 Å². The molecule has 3 atom stereocenters. The number of aryl methyl sites for hydroxylation is 2. The van der Waals surface area contributed by atoms with Crippen LogP contribution in [0.25, 0.3) is 10.9 Å². The Morgan fingerprint density at radius 2 is 1.79 bits per heavy atom. The van der Waals surface area contributed by atoms with Crippen molar-refractivity contribution in [3.63, 3.8) is 0 Å². The van der Waals surface area contributed by atoms with E-state index < -0.39 is 7.12 Å². The van der Waals surface area contributed by atoms with Gasteiger partial charge in [-0.2, -0.15) is 0 Å². The Bertz CT molecular complexity index is 942. The second kappa shape index (κ2) is 6.37. The van der Waals surface area contributed by atoms with Gasteiger partial charge in [0.1, 0.15) is 0 Å². The Morgan fingerprint density at radius 3 is 2.43 bits per heavy atom. The average Bonchev–Trinajstić information content (AvgIpc) is 2.80. The summed E-state index contributed by atoms with van der Waals surface area (Å²) in [5.74, 6) is 1.14. The number of hydrogen-bond acceptors (Lipinski definition) is 2. The first-order valence-electron chi connectivity index (χ1n) is 11.0. The molecule has 1 heterocycles. The van der Waals surface area contributed by atoms with E-state index in [1.807, 2.05) is 6.92 Å². The highest BCUT2D eigenvalue weighted by molar-refractivity contribution is 6.62. The quantitative estimate of drug-likeness (QED) is 0.717. The van der Waals surface area contributed by atoms with Gasteiger partial charge in [0.05, 0.1) is 0 Å². The summed E-state index contributed by atoms with van der Waals surface area (Å²) >= 11 is 0. The molecule has 1 aromatic carbocycles. The van der Waals surface area contributed by atoms with Crippen LogP contribution in [0.5, 0.6) is 0 Å². The van der Waals surface area contributed by atoms with Crippen molar-refractivity contribution in [1.82, 2.24) is 4.57 Å². The molecule has 0 aliphatic heterocycles. The van der Waals surface area contributed by atoms with E-state index >= 15 is 0 Å². The maximum Gasteiger partial charge on any atom is 0.490 e. The fourth-order valence-electron chi connectivity index (χ4n) is 7.08. The van der Waals surface area contributed by atoms with Crippen LogP contribution < -0.4 is 5.46 Å². The summed E-state index contributed by atoms with van der Waals surface area (Å²) in [6.45, 7) is 13.9. The first-order chi connectivity index (χ1) is 13.0. The number of benzene rings is 1. The first kappa shape index (κ1) is 20.0. The second-order valence-electron chi connectivity index (χ2n) is 10.6. The highest BCUT2D eigenvalue weighted by Gasteiger charge is 2.51. The van der Waals surface area contributed by atoms with Crippen LogP contribution in [0.3, 0.4) is 0 Å². The van der Waals surface area contributed by atoms with Crippen molar-refractivity contribution < 1.29 is 10.0 Å². The second-order valence-corrected chi connectivity index (χ2v) is 10.6. The minimum Gasteiger partial charge on any atom is -0.423 e. The molecule has 3 nitrogen and oxygen atoms in total. The van der Waals surface area contributed by atoms with Crippen molar-refractivity contribution in [2.45, 2.75) is 85.0 Å². The number of rotatable bonds is 1. The van der Waals surface area contributed by atoms with Gasteiger partial charge in [-0.1, -0.05) is 34.1 Å². The number of aromatic nitrogens is 1. The molecule has 4 rings (SSSR count). The number of fused-ring (bicyclic) bond motifs is 5. The third-order valence-corrected chi connectivity index (χ3v) is 8.50. The van der Waals surface area contributed by atoms with E-state index in [1.165, 1.54) is 48.7 Å². The van der Waals surface area contributed by atoms with E-state index in [4.69, 9.17) is 0 Å².